The zero-order valence-corrected chi connectivity index (χ0v) is 11.5. The summed E-state index contributed by atoms with van der Waals surface area (Å²) in [5.74, 6) is -0.296. The third-order valence-electron chi connectivity index (χ3n) is 2.97. The molecule has 1 aliphatic rings. The fourth-order valence-corrected chi connectivity index (χ4v) is 1.85. The van der Waals surface area contributed by atoms with Gasteiger partial charge >= 0.3 is 0 Å². The summed E-state index contributed by atoms with van der Waals surface area (Å²) in [6, 6.07) is 5.43. The van der Waals surface area contributed by atoms with Crippen molar-refractivity contribution < 1.29 is 23.5 Å². The summed E-state index contributed by atoms with van der Waals surface area (Å²) in [7, 11) is 0. The topological polar surface area (TPSA) is 67.9 Å². The van der Waals surface area contributed by atoms with Gasteiger partial charge in [0.15, 0.2) is 6.61 Å². The maximum absolute atomic E-state index is 12.7. The van der Waals surface area contributed by atoms with Crippen LogP contribution in [0.3, 0.4) is 0 Å². The van der Waals surface area contributed by atoms with E-state index >= 15 is 0 Å². The van der Waals surface area contributed by atoms with E-state index in [-0.39, 0.29) is 30.8 Å². The molecule has 114 valence electrons. The van der Waals surface area contributed by atoms with Crippen LogP contribution in [0.2, 0.25) is 0 Å². The Balaban J connectivity index is 1.63. The van der Waals surface area contributed by atoms with Gasteiger partial charge in [-0.25, -0.2) is 4.39 Å². The van der Waals surface area contributed by atoms with Gasteiger partial charge in [-0.05, 0) is 24.3 Å². The van der Waals surface area contributed by atoms with Gasteiger partial charge in [-0.1, -0.05) is 0 Å². The molecular formula is C14H17FN2O4. The Labute approximate surface area is 121 Å². The van der Waals surface area contributed by atoms with Crippen molar-refractivity contribution in [1.29, 1.82) is 0 Å². The first kappa shape index (κ1) is 15.2. The lowest BCUT2D eigenvalue weighted by atomic mass is 10.3. The van der Waals surface area contributed by atoms with E-state index in [2.05, 4.69) is 5.32 Å². The zero-order valence-electron chi connectivity index (χ0n) is 11.5. The van der Waals surface area contributed by atoms with Gasteiger partial charge in [-0.15, -0.1) is 0 Å². The number of benzene rings is 1. The smallest absolute Gasteiger partial charge is 0.258 e. The van der Waals surface area contributed by atoms with E-state index in [0.29, 0.717) is 32.0 Å². The summed E-state index contributed by atoms with van der Waals surface area (Å²) in [6.45, 7) is 1.82. The number of hydrogen-bond acceptors (Lipinski definition) is 4. The molecule has 1 fully saturated rings. The highest BCUT2D eigenvalue weighted by molar-refractivity contribution is 5.79. The van der Waals surface area contributed by atoms with E-state index in [1.807, 2.05) is 0 Å². The van der Waals surface area contributed by atoms with Crippen LogP contribution in [-0.4, -0.2) is 56.2 Å². The molecule has 0 aliphatic carbocycles. The van der Waals surface area contributed by atoms with Crippen LogP contribution in [0, 0.1) is 5.82 Å². The van der Waals surface area contributed by atoms with E-state index in [1.165, 1.54) is 24.3 Å². The molecule has 0 atom stereocenters. The van der Waals surface area contributed by atoms with Crippen LogP contribution >= 0.6 is 0 Å². The highest BCUT2D eigenvalue weighted by Gasteiger charge is 2.17. The van der Waals surface area contributed by atoms with Gasteiger partial charge < -0.3 is 19.7 Å². The average Bonchev–Trinajstić information content (AvgIpc) is 2.49. The van der Waals surface area contributed by atoms with Crippen LogP contribution in [-0.2, 0) is 14.3 Å². The Hall–Kier alpha value is -2.15. The largest absolute Gasteiger partial charge is 0.484 e. The molecule has 0 unspecified atom stereocenters. The Morgan fingerprint density at radius 2 is 2.14 bits per heavy atom. The number of rotatable bonds is 6. The van der Waals surface area contributed by atoms with E-state index in [9.17, 15) is 14.0 Å². The van der Waals surface area contributed by atoms with E-state index in [4.69, 9.17) is 9.47 Å². The summed E-state index contributed by atoms with van der Waals surface area (Å²) in [5.41, 5.74) is 0. The lowest BCUT2D eigenvalue weighted by Gasteiger charge is -2.26. The molecule has 21 heavy (non-hydrogen) atoms. The molecule has 1 saturated heterocycles. The van der Waals surface area contributed by atoms with Crippen LogP contribution < -0.4 is 10.1 Å². The molecule has 2 rings (SSSR count). The number of carbonyl (C=O) groups excluding carboxylic acids is 2. The van der Waals surface area contributed by atoms with Crippen LogP contribution in [0.4, 0.5) is 4.39 Å². The Bertz CT molecular complexity index is 492. The highest BCUT2D eigenvalue weighted by atomic mass is 19.1. The lowest BCUT2D eigenvalue weighted by molar-refractivity contribution is -0.142. The van der Waals surface area contributed by atoms with Crippen LogP contribution in [0.5, 0.6) is 5.75 Å². The van der Waals surface area contributed by atoms with Crippen LogP contribution in [0.1, 0.15) is 0 Å². The van der Waals surface area contributed by atoms with Crippen molar-refractivity contribution in [3.8, 4) is 5.75 Å². The minimum absolute atomic E-state index is 0.0712. The molecule has 1 heterocycles. The fourth-order valence-electron chi connectivity index (χ4n) is 1.85. The van der Waals surface area contributed by atoms with Crippen molar-refractivity contribution in [2.24, 2.45) is 0 Å². The van der Waals surface area contributed by atoms with Crippen molar-refractivity contribution in [2.45, 2.75) is 0 Å². The van der Waals surface area contributed by atoms with Crippen molar-refractivity contribution in [2.75, 3.05) is 39.5 Å². The Kier molecular flexibility index (Phi) is 5.51. The molecule has 2 amide bonds. The standard InChI is InChI=1S/C14H17FN2O4/c15-11-1-3-12(4-2-11)21-9-13(18)16-5-6-17-7-8-20-10-14(17)19/h1-4H,5-10H2,(H,16,18). The first-order valence-corrected chi connectivity index (χ1v) is 6.66. The summed E-state index contributed by atoms with van der Waals surface area (Å²) in [5, 5.41) is 2.66. The SMILES string of the molecule is O=C(COc1ccc(F)cc1)NCCN1CCOCC1=O. The van der Waals surface area contributed by atoms with Crippen LogP contribution in [0.25, 0.3) is 0 Å². The maximum atomic E-state index is 12.7. The molecule has 0 saturated carbocycles. The molecule has 1 N–H and O–H groups in total. The van der Waals surface area contributed by atoms with Crippen LogP contribution in [0.15, 0.2) is 24.3 Å². The minimum atomic E-state index is -0.359. The quantitative estimate of drug-likeness (QED) is 0.813. The maximum Gasteiger partial charge on any atom is 0.258 e. The Morgan fingerprint density at radius 1 is 1.38 bits per heavy atom. The van der Waals surface area contributed by atoms with E-state index in [0.717, 1.165) is 0 Å². The van der Waals surface area contributed by atoms with Crippen molar-refractivity contribution in [1.82, 2.24) is 10.2 Å². The molecule has 1 aromatic carbocycles. The molecule has 0 spiro atoms. The molecule has 0 bridgehead atoms. The first-order chi connectivity index (χ1) is 10.1. The minimum Gasteiger partial charge on any atom is -0.484 e. The van der Waals surface area contributed by atoms with Crippen molar-refractivity contribution in [3.63, 3.8) is 0 Å². The number of amides is 2. The number of halogens is 1. The van der Waals surface area contributed by atoms with Gasteiger partial charge in [-0.2, -0.15) is 0 Å². The molecule has 1 aromatic rings. The highest BCUT2D eigenvalue weighted by Crippen LogP contribution is 2.10. The zero-order chi connectivity index (χ0) is 15.1. The van der Waals surface area contributed by atoms with Gasteiger partial charge in [0.05, 0.1) is 6.61 Å². The number of carbonyl (C=O) groups is 2. The second-order valence-electron chi connectivity index (χ2n) is 4.53. The summed E-state index contributed by atoms with van der Waals surface area (Å²) in [6.07, 6.45) is 0. The number of nitrogens with one attached hydrogen (secondary N) is 1. The molecular weight excluding hydrogens is 279 g/mol. The summed E-state index contributed by atoms with van der Waals surface area (Å²) < 4.78 is 22.9. The molecule has 0 aromatic heterocycles. The second-order valence-corrected chi connectivity index (χ2v) is 4.53. The van der Waals surface area contributed by atoms with Gasteiger partial charge in [0.1, 0.15) is 18.2 Å². The van der Waals surface area contributed by atoms with Gasteiger partial charge in [-0.3, -0.25) is 9.59 Å². The van der Waals surface area contributed by atoms with Gasteiger partial charge in [0.25, 0.3) is 5.91 Å². The number of morpholine rings is 1. The molecule has 6 nitrogen and oxygen atoms in total. The third kappa shape index (κ3) is 5.03. The molecule has 0 radical (unpaired) electrons. The van der Waals surface area contributed by atoms with E-state index < -0.39 is 0 Å². The predicted molar refractivity (Wildman–Crippen MR) is 72.3 cm³/mol. The Morgan fingerprint density at radius 3 is 2.86 bits per heavy atom. The summed E-state index contributed by atoms with van der Waals surface area (Å²) in [4.78, 5) is 24.7. The first-order valence-electron chi connectivity index (χ1n) is 6.66. The lowest BCUT2D eigenvalue weighted by Crippen LogP contribution is -2.45. The fraction of sp³-hybridized carbons (Fsp3) is 0.429. The monoisotopic (exact) mass is 296 g/mol. The van der Waals surface area contributed by atoms with Gasteiger partial charge in [0.2, 0.25) is 5.91 Å². The number of hydrogen-bond donors (Lipinski definition) is 1. The number of nitrogens with zero attached hydrogens (tertiary/aromatic N) is 1. The number of ether oxygens (including phenoxy) is 2. The summed E-state index contributed by atoms with van der Waals surface area (Å²) >= 11 is 0. The molecule has 1 aliphatic heterocycles. The van der Waals surface area contributed by atoms with Crippen molar-refractivity contribution in [3.05, 3.63) is 30.1 Å². The normalized spacial score (nSPS) is 14.9. The second kappa shape index (κ2) is 7.58. The average molecular weight is 296 g/mol. The van der Waals surface area contributed by atoms with Gasteiger partial charge in [0, 0.05) is 19.6 Å². The molecule has 7 heteroatoms. The third-order valence-corrected chi connectivity index (χ3v) is 2.97. The predicted octanol–water partition coefficient (Wildman–Crippen LogP) is 0.179. The van der Waals surface area contributed by atoms with Crippen molar-refractivity contribution >= 4 is 11.8 Å². The van der Waals surface area contributed by atoms with E-state index in [1.54, 1.807) is 4.90 Å².